The molecule has 1 aromatic carbocycles. The summed E-state index contributed by atoms with van der Waals surface area (Å²) in [4.78, 5) is 0. The Hall–Kier alpha value is -1.73. The number of hydrogen-bond acceptors (Lipinski definition) is 4. The molecule has 4 nitrogen and oxygen atoms in total. The van der Waals surface area contributed by atoms with Gasteiger partial charge in [-0.15, -0.1) is 0 Å². The van der Waals surface area contributed by atoms with E-state index in [4.69, 9.17) is 19.8 Å². The lowest BCUT2D eigenvalue weighted by atomic mass is 10.0. The van der Waals surface area contributed by atoms with Gasteiger partial charge in [-0.3, -0.25) is 0 Å². The summed E-state index contributed by atoms with van der Waals surface area (Å²) in [5, 5.41) is 17.9. The molecule has 0 aliphatic carbocycles. The molecule has 1 rings (SSSR count). The fourth-order valence-electron chi connectivity index (χ4n) is 1.40. The molecule has 0 radical (unpaired) electrons. The lowest BCUT2D eigenvalue weighted by molar-refractivity contribution is 0.284. The average molecular weight is 221 g/mol. The van der Waals surface area contributed by atoms with E-state index in [1.165, 1.54) is 0 Å². The average Bonchev–Trinajstić information content (AvgIpc) is 2.31. The van der Waals surface area contributed by atoms with Crippen LogP contribution in [-0.4, -0.2) is 25.4 Å². The Morgan fingerprint density at radius 1 is 1.44 bits per heavy atom. The first-order chi connectivity index (χ1) is 7.76. The van der Waals surface area contributed by atoms with Crippen molar-refractivity contribution in [1.82, 2.24) is 0 Å². The third-order valence-corrected chi connectivity index (χ3v) is 2.23. The van der Waals surface area contributed by atoms with Crippen molar-refractivity contribution in [2.45, 2.75) is 12.8 Å². The molecule has 0 saturated heterocycles. The highest BCUT2D eigenvalue weighted by Crippen LogP contribution is 2.30. The van der Waals surface area contributed by atoms with Gasteiger partial charge >= 0.3 is 0 Å². The highest BCUT2D eigenvalue weighted by Gasteiger charge is 2.12. The molecule has 1 aromatic rings. The number of ether oxygens (including phenoxy) is 2. The molecule has 0 heterocycles. The van der Waals surface area contributed by atoms with E-state index in [0.29, 0.717) is 18.1 Å². The fraction of sp³-hybridized carbons (Fsp3) is 0.417. The first-order valence-electron chi connectivity index (χ1n) is 5.08. The maximum atomic E-state index is 9.03. The predicted molar refractivity (Wildman–Crippen MR) is 59.6 cm³/mol. The fourth-order valence-corrected chi connectivity index (χ4v) is 1.40. The molecule has 0 saturated carbocycles. The van der Waals surface area contributed by atoms with Crippen LogP contribution in [0.25, 0.3) is 0 Å². The molecule has 4 heteroatoms. The Balaban J connectivity index is 3.06. The Bertz CT molecular complexity index is 384. The van der Waals surface area contributed by atoms with Gasteiger partial charge in [0.05, 0.1) is 32.3 Å². The summed E-state index contributed by atoms with van der Waals surface area (Å²) < 4.78 is 10.5. The molecule has 0 aromatic heterocycles. The number of nitriles is 1. The van der Waals surface area contributed by atoms with E-state index in [1.807, 2.05) is 13.0 Å². The molecule has 86 valence electrons. The number of methoxy groups -OCH3 is 1. The summed E-state index contributed by atoms with van der Waals surface area (Å²) in [5.41, 5.74) is 0.731. The van der Waals surface area contributed by atoms with Gasteiger partial charge in [0, 0.05) is 0 Å². The third kappa shape index (κ3) is 2.65. The van der Waals surface area contributed by atoms with Crippen molar-refractivity contribution in [2.75, 3.05) is 20.3 Å². The number of aliphatic hydroxyl groups excluding tert-OH is 1. The summed E-state index contributed by atoms with van der Waals surface area (Å²) in [7, 11) is 1.56. The normalized spacial score (nSPS) is 11.6. The Morgan fingerprint density at radius 2 is 2.19 bits per heavy atom. The Morgan fingerprint density at radius 3 is 2.69 bits per heavy atom. The summed E-state index contributed by atoms with van der Waals surface area (Å²) in [5.74, 6) is 0.696. The van der Waals surface area contributed by atoms with Crippen LogP contribution in [-0.2, 0) is 0 Å². The van der Waals surface area contributed by atoms with Crippen LogP contribution < -0.4 is 9.47 Å². The summed E-state index contributed by atoms with van der Waals surface area (Å²) in [6, 6.07) is 7.25. The van der Waals surface area contributed by atoms with Gasteiger partial charge in [-0.2, -0.15) is 5.26 Å². The van der Waals surface area contributed by atoms with Crippen LogP contribution >= 0.6 is 0 Å². The van der Waals surface area contributed by atoms with E-state index >= 15 is 0 Å². The van der Waals surface area contributed by atoms with E-state index < -0.39 is 5.92 Å². The standard InChI is InChI=1S/C12H15NO3/c1-3-16-12-6-9(10(7-13)8-14)4-5-11(12)15-2/h4-6,10,14H,3,8H2,1-2H3. The summed E-state index contributed by atoms with van der Waals surface area (Å²) in [6.07, 6.45) is 0. The van der Waals surface area contributed by atoms with Crippen LogP contribution in [0.1, 0.15) is 18.4 Å². The van der Waals surface area contributed by atoms with Gasteiger partial charge in [-0.25, -0.2) is 0 Å². The zero-order valence-corrected chi connectivity index (χ0v) is 9.43. The molecule has 0 aliphatic heterocycles. The van der Waals surface area contributed by atoms with Crippen molar-refractivity contribution >= 4 is 0 Å². The largest absolute Gasteiger partial charge is 0.493 e. The van der Waals surface area contributed by atoms with Crippen LogP contribution in [0.5, 0.6) is 11.5 Å². The van der Waals surface area contributed by atoms with E-state index in [9.17, 15) is 0 Å². The van der Waals surface area contributed by atoms with Crippen molar-refractivity contribution in [3.8, 4) is 17.6 Å². The Kier molecular flexibility index (Phi) is 4.62. The van der Waals surface area contributed by atoms with E-state index in [1.54, 1.807) is 25.3 Å². The molecule has 0 amide bonds. The first kappa shape index (κ1) is 12.3. The topological polar surface area (TPSA) is 62.5 Å². The van der Waals surface area contributed by atoms with Crippen LogP contribution in [0.15, 0.2) is 18.2 Å². The zero-order valence-electron chi connectivity index (χ0n) is 9.43. The van der Waals surface area contributed by atoms with Gasteiger partial charge in [0.2, 0.25) is 0 Å². The zero-order chi connectivity index (χ0) is 12.0. The van der Waals surface area contributed by atoms with Gasteiger partial charge in [0.1, 0.15) is 0 Å². The Labute approximate surface area is 95.0 Å². The minimum Gasteiger partial charge on any atom is -0.493 e. The van der Waals surface area contributed by atoms with Crippen LogP contribution in [0, 0.1) is 11.3 Å². The maximum absolute atomic E-state index is 9.03. The van der Waals surface area contributed by atoms with Crippen molar-refractivity contribution in [1.29, 1.82) is 5.26 Å². The van der Waals surface area contributed by atoms with E-state index in [0.717, 1.165) is 5.56 Å². The highest BCUT2D eigenvalue weighted by molar-refractivity contribution is 5.45. The number of nitrogens with zero attached hydrogens (tertiary/aromatic N) is 1. The number of aliphatic hydroxyl groups is 1. The number of rotatable bonds is 5. The van der Waals surface area contributed by atoms with Gasteiger partial charge in [-0.1, -0.05) is 6.07 Å². The monoisotopic (exact) mass is 221 g/mol. The summed E-state index contributed by atoms with van der Waals surface area (Å²) >= 11 is 0. The molecule has 1 N–H and O–H groups in total. The third-order valence-electron chi connectivity index (χ3n) is 2.23. The molecule has 0 bridgehead atoms. The second kappa shape index (κ2) is 5.99. The van der Waals surface area contributed by atoms with Crippen molar-refractivity contribution in [2.24, 2.45) is 0 Å². The SMILES string of the molecule is CCOc1cc(C(C#N)CO)ccc1OC. The van der Waals surface area contributed by atoms with E-state index in [-0.39, 0.29) is 6.61 Å². The van der Waals surface area contributed by atoms with Crippen LogP contribution in [0.3, 0.4) is 0 Å². The van der Waals surface area contributed by atoms with Gasteiger partial charge in [-0.05, 0) is 24.6 Å². The first-order valence-corrected chi connectivity index (χ1v) is 5.08. The van der Waals surface area contributed by atoms with Crippen molar-refractivity contribution in [3.63, 3.8) is 0 Å². The minimum absolute atomic E-state index is 0.200. The summed E-state index contributed by atoms with van der Waals surface area (Å²) in [6.45, 7) is 2.20. The molecule has 1 atom stereocenters. The number of benzene rings is 1. The molecular formula is C12H15NO3. The van der Waals surface area contributed by atoms with Crippen LogP contribution in [0.4, 0.5) is 0 Å². The predicted octanol–water partition coefficient (Wildman–Crippen LogP) is 1.69. The smallest absolute Gasteiger partial charge is 0.161 e. The molecule has 0 spiro atoms. The van der Waals surface area contributed by atoms with Crippen molar-refractivity contribution in [3.05, 3.63) is 23.8 Å². The number of hydrogen-bond donors (Lipinski definition) is 1. The van der Waals surface area contributed by atoms with Gasteiger partial charge < -0.3 is 14.6 Å². The molecule has 1 unspecified atom stereocenters. The van der Waals surface area contributed by atoms with Crippen LogP contribution in [0.2, 0.25) is 0 Å². The molecule has 0 aliphatic rings. The van der Waals surface area contributed by atoms with Crippen molar-refractivity contribution < 1.29 is 14.6 Å². The molecular weight excluding hydrogens is 206 g/mol. The highest BCUT2D eigenvalue weighted by atomic mass is 16.5. The molecule has 16 heavy (non-hydrogen) atoms. The van der Waals surface area contributed by atoms with Gasteiger partial charge in [0.25, 0.3) is 0 Å². The molecule has 0 fully saturated rings. The minimum atomic E-state index is -0.523. The lowest BCUT2D eigenvalue weighted by Gasteiger charge is -2.12. The second-order valence-electron chi connectivity index (χ2n) is 3.21. The van der Waals surface area contributed by atoms with Gasteiger partial charge in [0.15, 0.2) is 11.5 Å². The lowest BCUT2D eigenvalue weighted by Crippen LogP contribution is -2.03. The quantitative estimate of drug-likeness (QED) is 0.821. The second-order valence-corrected chi connectivity index (χ2v) is 3.21. The van der Waals surface area contributed by atoms with E-state index in [2.05, 4.69) is 0 Å². The maximum Gasteiger partial charge on any atom is 0.161 e.